The van der Waals surface area contributed by atoms with Crippen LogP contribution in [0.2, 0.25) is 0 Å². The molecular formula is C17H26N6O. The number of carbonyl (C=O) groups excluding carboxylic acids is 1. The molecule has 3 heterocycles. The maximum atomic E-state index is 12.6. The van der Waals surface area contributed by atoms with Crippen molar-refractivity contribution in [2.45, 2.75) is 26.3 Å². The van der Waals surface area contributed by atoms with Crippen LogP contribution in [-0.4, -0.2) is 67.5 Å². The van der Waals surface area contributed by atoms with Crippen LogP contribution >= 0.6 is 0 Å². The SMILES string of the molecule is Cc1nccn1CCCN1CCCN(C(=O)c2cncn2C)CC1. The Bertz CT molecular complexity index is 676. The first kappa shape index (κ1) is 16.7. The number of aryl methyl sites for hydroxylation is 3. The number of hydrogen-bond acceptors (Lipinski definition) is 4. The molecule has 7 heteroatoms. The molecule has 0 N–H and O–H groups in total. The minimum absolute atomic E-state index is 0.0888. The zero-order chi connectivity index (χ0) is 16.9. The Hall–Kier alpha value is -2.15. The molecule has 0 spiro atoms. The van der Waals surface area contributed by atoms with E-state index in [4.69, 9.17) is 0 Å². The predicted molar refractivity (Wildman–Crippen MR) is 91.7 cm³/mol. The first-order valence-electron chi connectivity index (χ1n) is 8.61. The summed E-state index contributed by atoms with van der Waals surface area (Å²) in [5.74, 6) is 1.16. The van der Waals surface area contributed by atoms with Crippen LogP contribution in [0.3, 0.4) is 0 Å². The van der Waals surface area contributed by atoms with Gasteiger partial charge in [0.2, 0.25) is 0 Å². The summed E-state index contributed by atoms with van der Waals surface area (Å²) in [6.07, 6.45) is 9.34. The zero-order valence-electron chi connectivity index (χ0n) is 14.6. The Morgan fingerprint density at radius 2 is 2.08 bits per heavy atom. The fraction of sp³-hybridized carbons (Fsp3) is 0.588. The van der Waals surface area contributed by atoms with Crippen molar-refractivity contribution in [3.05, 3.63) is 36.4 Å². The second-order valence-corrected chi connectivity index (χ2v) is 6.40. The van der Waals surface area contributed by atoms with Crippen molar-refractivity contribution >= 4 is 5.91 Å². The lowest BCUT2D eigenvalue weighted by molar-refractivity contribution is 0.0751. The Kier molecular flexibility index (Phi) is 5.30. The molecule has 1 aliphatic heterocycles. The van der Waals surface area contributed by atoms with E-state index in [1.807, 2.05) is 31.3 Å². The van der Waals surface area contributed by atoms with E-state index in [0.29, 0.717) is 5.69 Å². The average Bonchev–Trinajstić information content (AvgIpc) is 3.09. The molecule has 1 aliphatic rings. The molecule has 7 nitrogen and oxygen atoms in total. The van der Waals surface area contributed by atoms with Gasteiger partial charge in [0, 0.05) is 45.6 Å². The minimum atomic E-state index is 0.0888. The van der Waals surface area contributed by atoms with Gasteiger partial charge in [-0.3, -0.25) is 4.79 Å². The van der Waals surface area contributed by atoms with Gasteiger partial charge in [-0.15, -0.1) is 0 Å². The Labute approximate surface area is 142 Å². The molecule has 0 aromatic carbocycles. The molecule has 1 amide bonds. The third-order valence-electron chi connectivity index (χ3n) is 4.71. The van der Waals surface area contributed by atoms with Crippen LogP contribution in [0.5, 0.6) is 0 Å². The Morgan fingerprint density at radius 3 is 2.79 bits per heavy atom. The molecule has 0 saturated carbocycles. The first-order chi connectivity index (χ1) is 11.6. The van der Waals surface area contributed by atoms with Crippen LogP contribution in [-0.2, 0) is 13.6 Å². The maximum Gasteiger partial charge on any atom is 0.272 e. The summed E-state index contributed by atoms with van der Waals surface area (Å²) >= 11 is 0. The van der Waals surface area contributed by atoms with Crippen molar-refractivity contribution in [2.24, 2.45) is 7.05 Å². The standard InChI is InChI=1S/C17H26N6O/c1-15-19-5-10-22(15)8-3-6-21-7-4-9-23(12-11-21)17(24)16-13-18-14-20(16)2/h5,10,13-14H,3-4,6-9,11-12H2,1-2H3. The maximum absolute atomic E-state index is 12.6. The highest BCUT2D eigenvalue weighted by Gasteiger charge is 2.21. The lowest BCUT2D eigenvalue weighted by Gasteiger charge is -2.22. The molecular weight excluding hydrogens is 304 g/mol. The summed E-state index contributed by atoms with van der Waals surface area (Å²) in [4.78, 5) is 25.3. The molecule has 1 fully saturated rings. The van der Waals surface area contributed by atoms with E-state index in [0.717, 1.165) is 57.9 Å². The molecule has 2 aromatic rings. The quantitative estimate of drug-likeness (QED) is 0.825. The lowest BCUT2D eigenvalue weighted by atomic mass is 10.3. The summed E-state index contributed by atoms with van der Waals surface area (Å²) in [6, 6.07) is 0. The van der Waals surface area contributed by atoms with Gasteiger partial charge in [-0.05, 0) is 32.9 Å². The number of nitrogens with zero attached hydrogens (tertiary/aromatic N) is 6. The number of aromatic nitrogens is 4. The number of amides is 1. The summed E-state index contributed by atoms with van der Waals surface area (Å²) in [7, 11) is 1.86. The zero-order valence-corrected chi connectivity index (χ0v) is 14.6. The van der Waals surface area contributed by atoms with E-state index in [2.05, 4.69) is 19.4 Å². The monoisotopic (exact) mass is 330 g/mol. The molecule has 0 unspecified atom stereocenters. The van der Waals surface area contributed by atoms with Crippen LogP contribution in [0, 0.1) is 6.92 Å². The van der Waals surface area contributed by atoms with Crippen molar-refractivity contribution in [1.82, 2.24) is 28.9 Å². The van der Waals surface area contributed by atoms with Gasteiger partial charge >= 0.3 is 0 Å². The van der Waals surface area contributed by atoms with E-state index in [-0.39, 0.29) is 5.91 Å². The molecule has 0 radical (unpaired) electrons. The molecule has 0 bridgehead atoms. The topological polar surface area (TPSA) is 59.2 Å². The fourth-order valence-corrected chi connectivity index (χ4v) is 3.23. The number of hydrogen-bond donors (Lipinski definition) is 0. The van der Waals surface area contributed by atoms with Crippen LogP contribution in [0.4, 0.5) is 0 Å². The third-order valence-corrected chi connectivity index (χ3v) is 4.71. The van der Waals surface area contributed by atoms with Crippen molar-refractivity contribution < 1.29 is 4.79 Å². The highest BCUT2D eigenvalue weighted by Crippen LogP contribution is 2.09. The molecule has 0 atom stereocenters. The summed E-state index contributed by atoms with van der Waals surface area (Å²) in [5, 5.41) is 0. The highest BCUT2D eigenvalue weighted by molar-refractivity contribution is 5.92. The lowest BCUT2D eigenvalue weighted by Crippen LogP contribution is -2.36. The van der Waals surface area contributed by atoms with Crippen molar-refractivity contribution in [2.75, 3.05) is 32.7 Å². The minimum Gasteiger partial charge on any atom is -0.336 e. The molecule has 1 saturated heterocycles. The van der Waals surface area contributed by atoms with Gasteiger partial charge in [0.15, 0.2) is 0 Å². The van der Waals surface area contributed by atoms with E-state index in [1.165, 1.54) is 0 Å². The van der Waals surface area contributed by atoms with Crippen LogP contribution in [0.15, 0.2) is 24.9 Å². The van der Waals surface area contributed by atoms with Gasteiger partial charge in [0.25, 0.3) is 5.91 Å². The van der Waals surface area contributed by atoms with Gasteiger partial charge < -0.3 is 18.9 Å². The Balaban J connectivity index is 1.47. The van der Waals surface area contributed by atoms with Gasteiger partial charge in [-0.1, -0.05) is 0 Å². The second-order valence-electron chi connectivity index (χ2n) is 6.40. The largest absolute Gasteiger partial charge is 0.336 e. The third kappa shape index (κ3) is 3.84. The molecule has 2 aromatic heterocycles. The van der Waals surface area contributed by atoms with Gasteiger partial charge in [0.05, 0.1) is 12.5 Å². The van der Waals surface area contributed by atoms with E-state index in [9.17, 15) is 4.79 Å². The number of imidazole rings is 2. The first-order valence-corrected chi connectivity index (χ1v) is 8.61. The average molecular weight is 330 g/mol. The molecule has 3 rings (SSSR count). The van der Waals surface area contributed by atoms with Crippen molar-refractivity contribution in [3.8, 4) is 0 Å². The van der Waals surface area contributed by atoms with Crippen LogP contribution < -0.4 is 0 Å². The second kappa shape index (κ2) is 7.61. The predicted octanol–water partition coefficient (Wildman–Crippen LogP) is 1.16. The fourth-order valence-electron chi connectivity index (χ4n) is 3.23. The van der Waals surface area contributed by atoms with Crippen molar-refractivity contribution in [3.63, 3.8) is 0 Å². The van der Waals surface area contributed by atoms with Crippen LogP contribution in [0.1, 0.15) is 29.2 Å². The molecule has 0 aliphatic carbocycles. The van der Waals surface area contributed by atoms with E-state index < -0.39 is 0 Å². The smallest absolute Gasteiger partial charge is 0.272 e. The summed E-state index contributed by atoms with van der Waals surface area (Å²) in [5.41, 5.74) is 0.666. The van der Waals surface area contributed by atoms with Gasteiger partial charge in [0.1, 0.15) is 11.5 Å². The molecule has 24 heavy (non-hydrogen) atoms. The van der Waals surface area contributed by atoms with Crippen LogP contribution in [0.25, 0.3) is 0 Å². The number of rotatable bonds is 5. The normalized spacial score (nSPS) is 16.3. The van der Waals surface area contributed by atoms with Crippen molar-refractivity contribution in [1.29, 1.82) is 0 Å². The van der Waals surface area contributed by atoms with E-state index >= 15 is 0 Å². The van der Waals surface area contributed by atoms with Gasteiger partial charge in [-0.25, -0.2) is 9.97 Å². The molecule has 130 valence electrons. The highest BCUT2D eigenvalue weighted by atomic mass is 16.2. The number of carbonyl (C=O) groups is 1. The van der Waals surface area contributed by atoms with Gasteiger partial charge in [-0.2, -0.15) is 0 Å². The summed E-state index contributed by atoms with van der Waals surface area (Å²) in [6.45, 7) is 7.69. The summed E-state index contributed by atoms with van der Waals surface area (Å²) < 4.78 is 3.98. The van der Waals surface area contributed by atoms with E-state index in [1.54, 1.807) is 17.1 Å². The Morgan fingerprint density at radius 1 is 1.21 bits per heavy atom.